The Morgan fingerprint density at radius 1 is 1.00 bits per heavy atom. The second-order valence-corrected chi connectivity index (χ2v) is 6.60. The number of hydrogen-bond donors (Lipinski definition) is 2. The molecule has 0 saturated carbocycles. The standard InChI is InChI=1S/C21H11F5N4O/c22-13-5-6-14(16(23)7-13)15-8-18-28-17(12-3-1-11(10-27)2-4-12)9-19(31)30(18)29-20(15)21(24,25)26/h1-9,28-29H. The maximum Gasteiger partial charge on any atom is 0.433 e. The highest BCUT2D eigenvalue weighted by Crippen LogP contribution is 2.37. The molecule has 2 N–H and O–H groups in total. The number of hydrogen-bond acceptors (Lipinski definition) is 4. The number of benzene rings is 2. The van der Waals surface area contributed by atoms with Crippen LogP contribution in [0.1, 0.15) is 16.7 Å². The van der Waals surface area contributed by atoms with Crippen LogP contribution in [0.3, 0.4) is 0 Å². The van der Waals surface area contributed by atoms with E-state index >= 15 is 0 Å². The summed E-state index contributed by atoms with van der Waals surface area (Å²) >= 11 is 0. The van der Waals surface area contributed by atoms with E-state index in [0.717, 1.165) is 24.3 Å². The first kappa shape index (κ1) is 20.2. The molecule has 31 heavy (non-hydrogen) atoms. The minimum absolute atomic E-state index is 0.0846. The van der Waals surface area contributed by atoms with E-state index in [1.54, 1.807) is 12.1 Å². The Morgan fingerprint density at radius 2 is 1.71 bits per heavy atom. The van der Waals surface area contributed by atoms with Gasteiger partial charge in [-0.15, -0.1) is 0 Å². The Labute approximate surface area is 172 Å². The molecule has 4 rings (SSSR count). The monoisotopic (exact) mass is 430 g/mol. The van der Waals surface area contributed by atoms with E-state index in [0.29, 0.717) is 22.2 Å². The van der Waals surface area contributed by atoms with Gasteiger partial charge in [-0.3, -0.25) is 10.2 Å². The minimum atomic E-state index is -4.95. The van der Waals surface area contributed by atoms with Crippen LogP contribution in [0.5, 0.6) is 0 Å². The number of fused-ring (bicyclic) bond motifs is 1. The normalized spacial score (nSPS) is 16.0. The highest BCUT2D eigenvalue weighted by atomic mass is 19.4. The summed E-state index contributed by atoms with van der Waals surface area (Å²) in [6.07, 6.45) is -2.90. The SMILES string of the molecule is N#Cc1ccc(C2=CC(=O)N3NC(C(F)(F)F)=C(c4ccc(F)cc4F)C=C3N2)cc1. The first-order valence-corrected chi connectivity index (χ1v) is 8.76. The number of nitriles is 1. The van der Waals surface area contributed by atoms with Gasteiger partial charge in [-0.05, 0) is 35.9 Å². The average Bonchev–Trinajstić information content (AvgIpc) is 2.72. The van der Waals surface area contributed by atoms with Gasteiger partial charge in [0.05, 0.1) is 17.3 Å². The number of rotatable bonds is 2. The summed E-state index contributed by atoms with van der Waals surface area (Å²) in [6, 6.07) is 10.3. The molecule has 0 unspecified atom stereocenters. The lowest BCUT2D eigenvalue weighted by Gasteiger charge is -2.36. The van der Waals surface area contributed by atoms with E-state index in [9.17, 15) is 26.7 Å². The fourth-order valence-corrected chi connectivity index (χ4v) is 3.15. The van der Waals surface area contributed by atoms with E-state index in [4.69, 9.17) is 5.26 Å². The van der Waals surface area contributed by atoms with Gasteiger partial charge in [-0.2, -0.15) is 18.4 Å². The molecule has 2 heterocycles. The molecule has 0 spiro atoms. The van der Waals surface area contributed by atoms with Gasteiger partial charge in [-0.1, -0.05) is 12.1 Å². The Bertz CT molecular complexity index is 1220. The zero-order chi connectivity index (χ0) is 22.3. The number of carbonyl (C=O) groups is 1. The molecule has 0 aliphatic carbocycles. The molecule has 2 aliphatic rings. The van der Waals surface area contributed by atoms with Gasteiger partial charge < -0.3 is 5.32 Å². The molecule has 0 radical (unpaired) electrons. The molecule has 0 atom stereocenters. The van der Waals surface area contributed by atoms with Crippen LogP contribution in [0.2, 0.25) is 0 Å². The van der Waals surface area contributed by atoms with Gasteiger partial charge in [0.25, 0.3) is 5.91 Å². The van der Waals surface area contributed by atoms with Gasteiger partial charge in [0.2, 0.25) is 0 Å². The van der Waals surface area contributed by atoms with Crippen LogP contribution in [0, 0.1) is 23.0 Å². The van der Waals surface area contributed by atoms with Crippen molar-refractivity contribution in [2.75, 3.05) is 0 Å². The first-order valence-electron chi connectivity index (χ1n) is 8.76. The molecule has 156 valence electrons. The smallest absolute Gasteiger partial charge is 0.339 e. The van der Waals surface area contributed by atoms with E-state index in [1.165, 1.54) is 12.1 Å². The van der Waals surface area contributed by atoms with Crippen molar-refractivity contribution in [3.8, 4) is 6.07 Å². The van der Waals surface area contributed by atoms with Crippen molar-refractivity contribution < 1.29 is 26.7 Å². The van der Waals surface area contributed by atoms with Crippen LogP contribution in [0.25, 0.3) is 11.3 Å². The third-order valence-corrected chi connectivity index (χ3v) is 4.60. The predicted octanol–water partition coefficient (Wildman–Crippen LogP) is 3.94. The number of amides is 1. The van der Waals surface area contributed by atoms with Gasteiger partial charge in [0.1, 0.15) is 23.2 Å². The highest BCUT2D eigenvalue weighted by molar-refractivity contribution is 5.99. The Hall–Kier alpha value is -4.13. The fourth-order valence-electron chi connectivity index (χ4n) is 3.15. The lowest BCUT2D eigenvalue weighted by molar-refractivity contribution is -0.131. The van der Waals surface area contributed by atoms with Crippen LogP contribution in [0.4, 0.5) is 22.0 Å². The number of nitrogens with one attached hydrogen (secondary N) is 2. The molecular formula is C21H11F5N4O. The quantitative estimate of drug-likeness (QED) is 0.709. The van der Waals surface area contributed by atoms with Crippen molar-refractivity contribution in [1.29, 1.82) is 5.26 Å². The third-order valence-electron chi connectivity index (χ3n) is 4.60. The summed E-state index contributed by atoms with van der Waals surface area (Å²) in [6.45, 7) is 0. The van der Waals surface area contributed by atoms with Crippen LogP contribution >= 0.6 is 0 Å². The number of hydrazine groups is 1. The van der Waals surface area contributed by atoms with Crippen LogP contribution < -0.4 is 10.7 Å². The van der Waals surface area contributed by atoms with E-state index in [1.807, 2.05) is 11.5 Å². The fraction of sp³-hybridized carbons (Fsp3) is 0.0476. The second-order valence-electron chi connectivity index (χ2n) is 6.60. The zero-order valence-electron chi connectivity index (χ0n) is 15.4. The van der Waals surface area contributed by atoms with Crippen molar-refractivity contribution in [3.05, 3.63) is 94.5 Å². The zero-order valence-corrected chi connectivity index (χ0v) is 15.4. The molecular weight excluding hydrogens is 419 g/mol. The summed E-state index contributed by atoms with van der Waals surface area (Å²) in [5, 5.41) is 12.4. The van der Waals surface area contributed by atoms with Crippen LogP contribution in [0.15, 0.2) is 66.1 Å². The van der Waals surface area contributed by atoms with E-state index in [2.05, 4.69) is 5.32 Å². The summed E-state index contributed by atoms with van der Waals surface area (Å²) in [5.74, 6) is -3.01. The number of alkyl halides is 3. The van der Waals surface area contributed by atoms with Crippen molar-refractivity contribution in [3.63, 3.8) is 0 Å². The van der Waals surface area contributed by atoms with E-state index in [-0.39, 0.29) is 11.5 Å². The lowest BCUT2D eigenvalue weighted by Crippen LogP contribution is -2.51. The number of allylic oxidation sites excluding steroid dienone is 3. The van der Waals surface area contributed by atoms with Gasteiger partial charge in [0.15, 0.2) is 0 Å². The Balaban J connectivity index is 1.80. The molecule has 0 aromatic heterocycles. The maximum atomic E-state index is 14.3. The van der Waals surface area contributed by atoms with Crippen molar-refractivity contribution in [2.45, 2.75) is 6.18 Å². The van der Waals surface area contributed by atoms with Crippen molar-refractivity contribution >= 4 is 17.2 Å². The van der Waals surface area contributed by atoms with Crippen molar-refractivity contribution in [2.24, 2.45) is 0 Å². The number of halogens is 5. The van der Waals surface area contributed by atoms with Gasteiger partial charge in [0, 0.05) is 23.3 Å². The topological polar surface area (TPSA) is 68.2 Å². The molecule has 0 bridgehead atoms. The molecule has 0 fully saturated rings. The van der Waals surface area contributed by atoms with Crippen LogP contribution in [-0.2, 0) is 4.79 Å². The molecule has 5 nitrogen and oxygen atoms in total. The molecule has 2 aromatic rings. The Morgan fingerprint density at radius 3 is 2.32 bits per heavy atom. The second kappa shape index (κ2) is 7.28. The molecule has 10 heteroatoms. The predicted molar refractivity (Wildman–Crippen MR) is 99.7 cm³/mol. The number of carbonyl (C=O) groups excluding carboxylic acids is 1. The lowest BCUT2D eigenvalue weighted by atomic mass is 10.00. The molecule has 2 aliphatic heterocycles. The highest BCUT2D eigenvalue weighted by Gasteiger charge is 2.42. The third kappa shape index (κ3) is 3.73. The molecule has 2 aromatic carbocycles. The molecule has 1 amide bonds. The summed E-state index contributed by atoms with van der Waals surface area (Å²) in [5.41, 5.74) is 0.695. The first-order chi connectivity index (χ1) is 14.7. The minimum Gasteiger partial charge on any atom is -0.339 e. The van der Waals surface area contributed by atoms with Gasteiger partial charge >= 0.3 is 6.18 Å². The summed E-state index contributed by atoms with van der Waals surface area (Å²) < 4.78 is 68.5. The number of nitrogens with zero attached hydrogens (tertiary/aromatic N) is 2. The molecule has 0 saturated heterocycles. The average molecular weight is 430 g/mol. The Kier molecular flexibility index (Phi) is 4.74. The van der Waals surface area contributed by atoms with Crippen LogP contribution in [-0.4, -0.2) is 17.1 Å². The summed E-state index contributed by atoms with van der Waals surface area (Å²) in [7, 11) is 0. The van der Waals surface area contributed by atoms with E-state index < -0.39 is 40.6 Å². The summed E-state index contributed by atoms with van der Waals surface area (Å²) in [4.78, 5) is 12.5. The maximum absolute atomic E-state index is 14.3. The van der Waals surface area contributed by atoms with Gasteiger partial charge in [-0.25, -0.2) is 13.8 Å². The largest absolute Gasteiger partial charge is 0.433 e. The van der Waals surface area contributed by atoms with Crippen molar-refractivity contribution in [1.82, 2.24) is 15.8 Å².